The lowest BCUT2D eigenvalue weighted by atomic mass is 10.00. The van der Waals surface area contributed by atoms with E-state index < -0.39 is 0 Å². The van der Waals surface area contributed by atoms with Gasteiger partial charge in [0, 0.05) is 11.9 Å². The fraction of sp³-hybridized carbons (Fsp3) is 0.267. The van der Waals surface area contributed by atoms with Crippen molar-refractivity contribution in [2.45, 2.75) is 19.9 Å². The first-order chi connectivity index (χ1) is 9.11. The number of hydrogen-bond donors (Lipinski definition) is 1. The molecule has 1 N–H and O–H groups in total. The van der Waals surface area contributed by atoms with E-state index in [2.05, 4.69) is 26.2 Å². The van der Waals surface area contributed by atoms with Crippen LogP contribution in [0.4, 0.5) is 4.39 Å². The Kier molecular flexibility index (Phi) is 4.66. The summed E-state index contributed by atoms with van der Waals surface area (Å²) in [5, 5.41) is 3.40. The minimum Gasteiger partial charge on any atom is -0.306 e. The molecule has 100 valence electrons. The third kappa shape index (κ3) is 3.39. The molecule has 1 heterocycles. The maximum Gasteiger partial charge on any atom is 0.137 e. The molecule has 1 aromatic carbocycles. The van der Waals surface area contributed by atoms with Gasteiger partial charge in [0.05, 0.1) is 10.5 Å². The van der Waals surface area contributed by atoms with Crippen LogP contribution in [0, 0.1) is 12.7 Å². The highest BCUT2D eigenvalue weighted by Gasteiger charge is 2.14. The average Bonchev–Trinajstić information content (AvgIpc) is 2.41. The first-order valence-corrected chi connectivity index (χ1v) is 7.02. The summed E-state index contributed by atoms with van der Waals surface area (Å²) in [6, 6.07) is 9.14. The van der Waals surface area contributed by atoms with Gasteiger partial charge in [0.1, 0.15) is 5.82 Å². The SMILES string of the molecule is CCNC(c1ccc(C)nc1)c1ccc(F)c(Br)c1. The number of aromatic nitrogens is 1. The Hall–Kier alpha value is -1.26. The summed E-state index contributed by atoms with van der Waals surface area (Å²) in [6.45, 7) is 4.83. The van der Waals surface area contributed by atoms with E-state index in [-0.39, 0.29) is 11.9 Å². The Morgan fingerprint density at radius 2 is 2.00 bits per heavy atom. The summed E-state index contributed by atoms with van der Waals surface area (Å²) < 4.78 is 13.8. The molecule has 1 unspecified atom stereocenters. The third-order valence-corrected chi connectivity index (χ3v) is 3.56. The number of rotatable bonds is 4. The van der Waals surface area contributed by atoms with Gasteiger partial charge in [-0.05, 0) is 58.7 Å². The summed E-state index contributed by atoms with van der Waals surface area (Å²) in [5.41, 5.74) is 3.08. The number of pyridine rings is 1. The van der Waals surface area contributed by atoms with Crippen LogP contribution in [0.25, 0.3) is 0 Å². The summed E-state index contributed by atoms with van der Waals surface area (Å²) in [6.07, 6.45) is 1.86. The molecule has 0 bridgehead atoms. The van der Waals surface area contributed by atoms with E-state index in [4.69, 9.17) is 0 Å². The molecule has 0 fully saturated rings. The van der Waals surface area contributed by atoms with E-state index in [1.54, 1.807) is 6.07 Å². The van der Waals surface area contributed by atoms with Gasteiger partial charge in [0.15, 0.2) is 0 Å². The lowest BCUT2D eigenvalue weighted by Gasteiger charge is -2.19. The molecule has 0 amide bonds. The number of benzene rings is 1. The van der Waals surface area contributed by atoms with Crippen LogP contribution in [0.1, 0.15) is 29.8 Å². The van der Waals surface area contributed by atoms with Crippen LogP contribution < -0.4 is 5.32 Å². The molecule has 1 aromatic heterocycles. The largest absolute Gasteiger partial charge is 0.306 e. The maximum absolute atomic E-state index is 13.3. The van der Waals surface area contributed by atoms with Crippen LogP contribution >= 0.6 is 15.9 Å². The summed E-state index contributed by atoms with van der Waals surface area (Å²) in [5.74, 6) is -0.249. The molecule has 2 nitrogen and oxygen atoms in total. The second-order valence-corrected chi connectivity index (χ2v) is 5.25. The predicted octanol–water partition coefficient (Wildman–Crippen LogP) is 3.99. The lowest BCUT2D eigenvalue weighted by Crippen LogP contribution is -2.22. The summed E-state index contributed by atoms with van der Waals surface area (Å²) in [4.78, 5) is 4.32. The minimum absolute atomic E-state index is 0.0231. The maximum atomic E-state index is 13.3. The molecule has 19 heavy (non-hydrogen) atoms. The van der Waals surface area contributed by atoms with Gasteiger partial charge in [0.25, 0.3) is 0 Å². The van der Waals surface area contributed by atoms with Gasteiger partial charge < -0.3 is 5.32 Å². The van der Waals surface area contributed by atoms with Crippen molar-refractivity contribution in [2.75, 3.05) is 6.54 Å². The van der Waals surface area contributed by atoms with E-state index in [1.165, 1.54) is 6.07 Å². The second-order valence-electron chi connectivity index (χ2n) is 4.40. The molecule has 0 spiro atoms. The quantitative estimate of drug-likeness (QED) is 0.920. The van der Waals surface area contributed by atoms with E-state index in [9.17, 15) is 4.39 Å². The molecule has 0 aliphatic rings. The van der Waals surface area contributed by atoms with Crippen molar-refractivity contribution in [1.82, 2.24) is 10.3 Å². The van der Waals surface area contributed by atoms with Crippen molar-refractivity contribution in [2.24, 2.45) is 0 Å². The third-order valence-electron chi connectivity index (χ3n) is 2.95. The first-order valence-electron chi connectivity index (χ1n) is 6.22. The minimum atomic E-state index is -0.249. The van der Waals surface area contributed by atoms with E-state index in [1.807, 2.05) is 38.2 Å². The van der Waals surface area contributed by atoms with Crippen molar-refractivity contribution in [1.29, 1.82) is 0 Å². The van der Waals surface area contributed by atoms with Gasteiger partial charge in [-0.3, -0.25) is 4.98 Å². The number of halogens is 2. The number of aryl methyl sites for hydroxylation is 1. The second kappa shape index (κ2) is 6.26. The van der Waals surface area contributed by atoms with Crippen LogP contribution in [0.3, 0.4) is 0 Å². The Morgan fingerprint density at radius 3 is 2.58 bits per heavy atom. The zero-order chi connectivity index (χ0) is 13.8. The molecular formula is C15H16BrFN2. The predicted molar refractivity (Wildman–Crippen MR) is 78.6 cm³/mol. The summed E-state index contributed by atoms with van der Waals surface area (Å²) >= 11 is 3.23. The van der Waals surface area contributed by atoms with Crippen molar-refractivity contribution in [3.05, 3.63) is 63.6 Å². The standard InChI is InChI=1S/C15H16BrFN2/c1-3-18-15(12-5-4-10(2)19-9-12)11-6-7-14(17)13(16)8-11/h4-9,15,18H,3H2,1-2H3. The van der Waals surface area contributed by atoms with Crippen LogP contribution in [-0.2, 0) is 0 Å². The van der Waals surface area contributed by atoms with Crippen molar-refractivity contribution in [3.63, 3.8) is 0 Å². The molecule has 0 saturated carbocycles. The zero-order valence-corrected chi connectivity index (χ0v) is 12.5. The molecular weight excluding hydrogens is 307 g/mol. The normalized spacial score (nSPS) is 12.4. The molecule has 0 radical (unpaired) electrons. The molecule has 0 aliphatic carbocycles. The number of hydrogen-bond acceptors (Lipinski definition) is 2. The van der Waals surface area contributed by atoms with Crippen LogP contribution in [0.2, 0.25) is 0 Å². The monoisotopic (exact) mass is 322 g/mol. The Balaban J connectivity index is 2.38. The Labute approximate surface area is 121 Å². The number of nitrogens with zero attached hydrogens (tertiary/aromatic N) is 1. The van der Waals surface area contributed by atoms with Gasteiger partial charge in [0.2, 0.25) is 0 Å². The highest BCUT2D eigenvalue weighted by molar-refractivity contribution is 9.10. The van der Waals surface area contributed by atoms with Gasteiger partial charge in [-0.1, -0.05) is 19.1 Å². The highest BCUT2D eigenvalue weighted by Crippen LogP contribution is 2.26. The first kappa shape index (κ1) is 14.2. The topological polar surface area (TPSA) is 24.9 Å². The Morgan fingerprint density at radius 1 is 1.26 bits per heavy atom. The molecule has 2 aromatic rings. The van der Waals surface area contributed by atoms with Crippen LogP contribution in [-0.4, -0.2) is 11.5 Å². The fourth-order valence-corrected chi connectivity index (χ4v) is 2.37. The van der Waals surface area contributed by atoms with Crippen molar-refractivity contribution < 1.29 is 4.39 Å². The van der Waals surface area contributed by atoms with E-state index in [0.29, 0.717) is 4.47 Å². The number of nitrogens with one attached hydrogen (secondary N) is 1. The average molecular weight is 323 g/mol. The van der Waals surface area contributed by atoms with Crippen LogP contribution in [0.5, 0.6) is 0 Å². The summed E-state index contributed by atoms with van der Waals surface area (Å²) in [7, 11) is 0. The van der Waals surface area contributed by atoms with Gasteiger partial charge in [-0.2, -0.15) is 0 Å². The van der Waals surface area contributed by atoms with Crippen molar-refractivity contribution in [3.8, 4) is 0 Å². The van der Waals surface area contributed by atoms with Gasteiger partial charge in [-0.25, -0.2) is 4.39 Å². The van der Waals surface area contributed by atoms with E-state index in [0.717, 1.165) is 23.4 Å². The Bertz CT molecular complexity index is 555. The van der Waals surface area contributed by atoms with Gasteiger partial charge in [-0.15, -0.1) is 0 Å². The molecule has 0 aliphatic heterocycles. The van der Waals surface area contributed by atoms with Crippen LogP contribution in [0.15, 0.2) is 41.0 Å². The smallest absolute Gasteiger partial charge is 0.137 e. The van der Waals surface area contributed by atoms with Crippen molar-refractivity contribution >= 4 is 15.9 Å². The lowest BCUT2D eigenvalue weighted by molar-refractivity contribution is 0.607. The molecule has 1 atom stereocenters. The molecule has 0 saturated heterocycles. The zero-order valence-electron chi connectivity index (χ0n) is 11.0. The molecule has 2 rings (SSSR count). The highest BCUT2D eigenvalue weighted by atomic mass is 79.9. The fourth-order valence-electron chi connectivity index (χ4n) is 1.97. The molecule has 4 heteroatoms. The van der Waals surface area contributed by atoms with Gasteiger partial charge >= 0.3 is 0 Å². The van der Waals surface area contributed by atoms with E-state index >= 15 is 0 Å².